The molecule has 0 bridgehead atoms. The van der Waals surface area contributed by atoms with Gasteiger partial charge in [0.25, 0.3) is 0 Å². The standard InChI is InChI=1S/C8H10ClNO2/c1-4-7(11)6(10)3-5(9)8(4)12-2/h3,11H,10H2,1-2H3. The lowest BCUT2D eigenvalue weighted by molar-refractivity contribution is 0.403. The molecule has 3 N–H and O–H groups in total. The van der Waals surface area contributed by atoms with Gasteiger partial charge in [-0.1, -0.05) is 11.6 Å². The lowest BCUT2D eigenvalue weighted by Gasteiger charge is -2.10. The highest BCUT2D eigenvalue weighted by atomic mass is 35.5. The third-order valence-corrected chi connectivity index (χ3v) is 1.95. The van der Waals surface area contributed by atoms with Crippen molar-refractivity contribution >= 4 is 17.3 Å². The van der Waals surface area contributed by atoms with Crippen molar-refractivity contribution in [2.75, 3.05) is 12.8 Å². The SMILES string of the molecule is COc1c(Cl)cc(N)c(O)c1C. The zero-order valence-corrected chi connectivity index (χ0v) is 7.64. The van der Waals surface area contributed by atoms with E-state index in [-0.39, 0.29) is 11.4 Å². The number of rotatable bonds is 1. The topological polar surface area (TPSA) is 55.5 Å². The van der Waals surface area contributed by atoms with Gasteiger partial charge in [0.1, 0.15) is 11.5 Å². The van der Waals surface area contributed by atoms with Gasteiger partial charge in [-0.15, -0.1) is 0 Å². The Balaban J connectivity index is 3.40. The smallest absolute Gasteiger partial charge is 0.145 e. The third-order valence-electron chi connectivity index (χ3n) is 1.67. The summed E-state index contributed by atoms with van der Waals surface area (Å²) < 4.78 is 4.96. The quantitative estimate of drug-likeness (QED) is 0.522. The molecule has 66 valence electrons. The van der Waals surface area contributed by atoms with Crippen LogP contribution in [0.1, 0.15) is 5.56 Å². The van der Waals surface area contributed by atoms with E-state index in [1.807, 2.05) is 0 Å². The molecule has 1 aromatic carbocycles. The van der Waals surface area contributed by atoms with Crippen LogP contribution in [0, 0.1) is 6.92 Å². The van der Waals surface area contributed by atoms with E-state index in [9.17, 15) is 5.11 Å². The van der Waals surface area contributed by atoms with Gasteiger partial charge in [0.2, 0.25) is 0 Å². The van der Waals surface area contributed by atoms with Crippen LogP contribution in [-0.4, -0.2) is 12.2 Å². The average Bonchev–Trinajstić information content (AvgIpc) is 2.01. The number of anilines is 1. The molecule has 12 heavy (non-hydrogen) atoms. The molecule has 0 aliphatic rings. The molecule has 0 fully saturated rings. The molecule has 0 radical (unpaired) electrons. The second-order valence-corrected chi connectivity index (χ2v) is 2.86. The Kier molecular flexibility index (Phi) is 2.33. The number of aromatic hydroxyl groups is 1. The monoisotopic (exact) mass is 187 g/mol. The highest BCUT2D eigenvalue weighted by molar-refractivity contribution is 6.32. The van der Waals surface area contributed by atoms with E-state index in [0.717, 1.165) is 0 Å². The Morgan fingerprint density at radius 3 is 2.67 bits per heavy atom. The van der Waals surface area contributed by atoms with Gasteiger partial charge in [-0.05, 0) is 13.0 Å². The average molecular weight is 188 g/mol. The number of halogens is 1. The first kappa shape index (κ1) is 9.00. The van der Waals surface area contributed by atoms with E-state index < -0.39 is 0 Å². The number of methoxy groups -OCH3 is 1. The summed E-state index contributed by atoms with van der Waals surface area (Å²) in [5, 5.41) is 9.79. The number of nitrogen functional groups attached to an aromatic ring is 1. The Hall–Kier alpha value is -1.09. The maximum atomic E-state index is 9.38. The van der Waals surface area contributed by atoms with Crippen LogP contribution < -0.4 is 10.5 Å². The summed E-state index contributed by atoms with van der Waals surface area (Å²) in [5.41, 5.74) is 6.28. The number of hydrogen-bond donors (Lipinski definition) is 2. The van der Waals surface area contributed by atoms with Gasteiger partial charge in [0.15, 0.2) is 0 Å². The molecule has 0 saturated carbocycles. The summed E-state index contributed by atoms with van der Waals surface area (Å²) >= 11 is 5.79. The Morgan fingerprint density at radius 1 is 1.58 bits per heavy atom. The first-order valence-electron chi connectivity index (χ1n) is 3.39. The molecular formula is C8H10ClNO2. The van der Waals surface area contributed by atoms with Crippen LogP contribution in [0.2, 0.25) is 5.02 Å². The van der Waals surface area contributed by atoms with Crippen LogP contribution >= 0.6 is 11.6 Å². The van der Waals surface area contributed by atoms with Crippen molar-refractivity contribution in [3.05, 3.63) is 16.7 Å². The fraction of sp³-hybridized carbons (Fsp3) is 0.250. The van der Waals surface area contributed by atoms with Gasteiger partial charge >= 0.3 is 0 Å². The van der Waals surface area contributed by atoms with Gasteiger partial charge in [-0.25, -0.2) is 0 Å². The molecule has 1 aromatic rings. The van der Waals surface area contributed by atoms with Gasteiger partial charge in [-0.2, -0.15) is 0 Å². The molecule has 0 spiro atoms. The van der Waals surface area contributed by atoms with Crippen molar-refractivity contribution in [2.45, 2.75) is 6.92 Å². The van der Waals surface area contributed by atoms with Crippen molar-refractivity contribution in [3.63, 3.8) is 0 Å². The number of hydrogen-bond acceptors (Lipinski definition) is 3. The molecule has 3 nitrogen and oxygen atoms in total. The maximum Gasteiger partial charge on any atom is 0.145 e. The van der Waals surface area contributed by atoms with Crippen molar-refractivity contribution < 1.29 is 9.84 Å². The summed E-state index contributed by atoms with van der Waals surface area (Å²) in [5.74, 6) is 0.486. The van der Waals surface area contributed by atoms with E-state index in [0.29, 0.717) is 16.3 Å². The number of phenolic OH excluding ortho intramolecular Hbond substituents is 1. The van der Waals surface area contributed by atoms with E-state index in [1.54, 1.807) is 6.92 Å². The highest BCUT2D eigenvalue weighted by Crippen LogP contribution is 2.38. The summed E-state index contributed by atoms with van der Waals surface area (Å²) in [4.78, 5) is 0. The first-order chi connectivity index (χ1) is 5.57. The predicted molar refractivity (Wildman–Crippen MR) is 48.8 cm³/mol. The minimum atomic E-state index is 0.0243. The minimum Gasteiger partial charge on any atom is -0.505 e. The molecule has 1 rings (SSSR count). The molecule has 0 amide bonds. The zero-order valence-electron chi connectivity index (χ0n) is 6.89. The van der Waals surface area contributed by atoms with E-state index in [1.165, 1.54) is 13.2 Å². The van der Waals surface area contributed by atoms with E-state index >= 15 is 0 Å². The molecule has 4 heteroatoms. The number of nitrogens with two attached hydrogens (primary N) is 1. The molecule has 0 unspecified atom stereocenters. The van der Waals surface area contributed by atoms with Gasteiger partial charge in [0.05, 0.1) is 17.8 Å². The number of phenols is 1. The zero-order chi connectivity index (χ0) is 9.30. The lowest BCUT2D eigenvalue weighted by Crippen LogP contribution is -1.93. The van der Waals surface area contributed by atoms with Gasteiger partial charge in [-0.3, -0.25) is 0 Å². The summed E-state index contributed by atoms with van der Waals surface area (Å²) in [6.07, 6.45) is 0. The fourth-order valence-electron chi connectivity index (χ4n) is 1.02. The van der Waals surface area contributed by atoms with E-state index in [2.05, 4.69) is 0 Å². The molecular weight excluding hydrogens is 178 g/mol. The van der Waals surface area contributed by atoms with Crippen molar-refractivity contribution in [2.24, 2.45) is 0 Å². The fourth-order valence-corrected chi connectivity index (χ4v) is 1.36. The van der Waals surface area contributed by atoms with Gasteiger partial charge in [0, 0.05) is 5.56 Å². The van der Waals surface area contributed by atoms with Crippen LogP contribution in [0.3, 0.4) is 0 Å². The Morgan fingerprint density at radius 2 is 2.17 bits per heavy atom. The second kappa shape index (κ2) is 3.11. The molecule has 0 saturated heterocycles. The van der Waals surface area contributed by atoms with Crippen molar-refractivity contribution in [1.29, 1.82) is 0 Å². The van der Waals surface area contributed by atoms with Crippen LogP contribution in [0.25, 0.3) is 0 Å². The first-order valence-corrected chi connectivity index (χ1v) is 3.77. The second-order valence-electron chi connectivity index (χ2n) is 2.45. The normalized spacial score (nSPS) is 9.92. The largest absolute Gasteiger partial charge is 0.505 e. The summed E-state index contributed by atoms with van der Waals surface area (Å²) in [6, 6.07) is 1.46. The Labute approximate surface area is 75.7 Å². The van der Waals surface area contributed by atoms with Crippen molar-refractivity contribution in [1.82, 2.24) is 0 Å². The van der Waals surface area contributed by atoms with Crippen LogP contribution in [0.4, 0.5) is 5.69 Å². The molecule has 0 aliphatic heterocycles. The molecule has 0 aromatic heterocycles. The number of ether oxygens (including phenoxy) is 1. The molecule has 0 atom stereocenters. The minimum absolute atomic E-state index is 0.0243. The van der Waals surface area contributed by atoms with Crippen LogP contribution in [0.5, 0.6) is 11.5 Å². The summed E-state index contributed by atoms with van der Waals surface area (Å²) in [7, 11) is 1.49. The third kappa shape index (κ3) is 1.28. The lowest BCUT2D eigenvalue weighted by atomic mass is 10.2. The Bertz CT molecular complexity index is 312. The highest BCUT2D eigenvalue weighted by Gasteiger charge is 2.11. The van der Waals surface area contributed by atoms with Crippen molar-refractivity contribution in [3.8, 4) is 11.5 Å². The predicted octanol–water partition coefficient (Wildman–Crippen LogP) is 1.94. The molecule has 0 aliphatic carbocycles. The van der Waals surface area contributed by atoms with Gasteiger partial charge < -0.3 is 15.6 Å². The van der Waals surface area contributed by atoms with Crippen LogP contribution in [-0.2, 0) is 0 Å². The number of benzene rings is 1. The van der Waals surface area contributed by atoms with Crippen LogP contribution in [0.15, 0.2) is 6.07 Å². The molecule has 0 heterocycles. The summed E-state index contributed by atoms with van der Waals surface area (Å²) in [6.45, 7) is 1.69. The maximum absolute atomic E-state index is 9.38. The van der Waals surface area contributed by atoms with E-state index in [4.69, 9.17) is 22.1 Å².